The van der Waals surface area contributed by atoms with Crippen molar-refractivity contribution >= 4 is 33.8 Å². The molecule has 1 aromatic carbocycles. The molecule has 0 amide bonds. The molecule has 0 fully saturated rings. The number of benzene rings is 1. The van der Waals surface area contributed by atoms with Gasteiger partial charge in [-0.2, -0.15) is 0 Å². The first-order chi connectivity index (χ1) is 6.69. The summed E-state index contributed by atoms with van der Waals surface area (Å²) in [5, 5.41) is 0.617. The Balaban J connectivity index is 3.02. The molecule has 1 aromatic rings. The fraction of sp³-hybridized carbons (Fsp3) is 0.300. The van der Waals surface area contributed by atoms with E-state index in [2.05, 4.69) is 15.9 Å². The molecule has 0 bridgehead atoms. The van der Waals surface area contributed by atoms with Crippen LogP contribution in [0.25, 0.3) is 0 Å². The van der Waals surface area contributed by atoms with Gasteiger partial charge in [0.1, 0.15) is 12.0 Å². The number of hydrogen-bond acceptors (Lipinski definition) is 2. The van der Waals surface area contributed by atoms with Crippen LogP contribution < -0.4 is 4.74 Å². The number of hydrogen-bond donors (Lipinski definition) is 0. The van der Waals surface area contributed by atoms with Gasteiger partial charge >= 0.3 is 0 Å². The summed E-state index contributed by atoms with van der Waals surface area (Å²) in [6.45, 7) is 0. The van der Waals surface area contributed by atoms with Crippen molar-refractivity contribution in [2.24, 2.45) is 0 Å². The van der Waals surface area contributed by atoms with E-state index in [1.165, 1.54) is 0 Å². The van der Waals surface area contributed by atoms with E-state index in [1.807, 2.05) is 6.07 Å². The molecule has 0 saturated heterocycles. The molecule has 76 valence electrons. The minimum atomic E-state index is 0.488. The van der Waals surface area contributed by atoms with Gasteiger partial charge in [0.2, 0.25) is 0 Å². The van der Waals surface area contributed by atoms with E-state index >= 15 is 0 Å². The molecule has 0 saturated carbocycles. The lowest BCUT2D eigenvalue weighted by molar-refractivity contribution is -0.107. The van der Waals surface area contributed by atoms with Crippen LogP contribution >= 0.6 is 27.5 Å². The predicted molar refractivity (Wildman–Crippen MR) is 60.1 cm³/mol. The van der Waals surface area contributed by atoms with Crippen LogP contribution in [0.5, 0.6) is 5.75 Å². The predicted octanol–water partition coefficient (Wildman–Crippen LogP) is 3.24. The van der Waals surface area contributed by atoms with Crippen molar-refractivity contribution in [1.82, 2.24) is 0 Å². The number of carbonyl (C=O) groups excluding carboxylic acids is 1. The quantitative estimate of drug-likeness (QED) is 0.790. The molecule has 0 radical (unpaired) electrons. The third-order valence-electron chi connectivity index (χ3n) is 1.83. The van der Waals surface area contributed by atoms with E-state index in [4.69, 9.17) is 16.3 Å². The Morgan fingerprint density at radius 1 is 1.57 bits per heavy atom. The molecule has 0 atom stereocenters. The second kappa shape index (κ2) is 5.37. The standard InChI is InChI=1S/C10H10BrClO2/c1-14-9-6-8(12)5-7(10(9)11)3-2-4-13/h4-6H,2-3H2,1H3. The van der Waals surface area contributed by atoms with Gasteiger partial charge < -0.3 is 9.53 Å². The first kappa shape index (κ1) is 11.5. The first-order valence-electron chi connectivity index (χ1n) is 4.14. The molecule has 0 spiro atoms. The van der Waals surface area contributed by atoms with Gasteiger partial charge in [-0.25, -0.2) is 0 Å². The van der Waals surface area contributed by atoms with Gasteiger partial charge in [0.25, 0.3) is 0 Å². The fourth-order valence-corrected chi connectivity index (χ4v) is 1.98. The molecule has 0 aliphatic rings. The molecule has 0 aliphatic carbocycles. The fourth-order valence-electron chi connectivity index (χ4n) is 1.16. The van der Waals surface area contributed by atoms with Crippen LogP contribution in [0, 0.1) is 0 Å². The highest BCUT2D eigenvalue weighted by Crippen LogP contribution is 2.32. The zero-order valence-electron chi connectivity index (χ0n) is 7.72. The topological polar surface area (TPSA) is 26.3 Å². The minimum absolute atomic E-state index is 0.488. The van der Waals surface area contributed by atoms with Crippen LogP contribution in [0.15, 0.2) is 16.6 Å². The van der Waals surface area contributed by atoms with Gasteiger partial charge in [-0.1, -0.05) is 11.6 Å². The van der Waals surface area contributed by atoms with Gasteiger partial charge in [-0.05, 0) is 40.0 Å². The SMILES string of the molecule is COc1cc(Cl)cc(CCC=O)c1Br. The van der Waals surface area contributed by atoms with Crippen LogP contribution in [0.1, 0.15) is 12.0 Å². The summed E-state index contributed by atoms with van der Waals surface area (Å²) in [6.07, 6.45) is 2.04. The van der Waals surface area contributed by atoms with Gasteiger partial charge in [0, 0.05) is 11.4 Å². The molecule has 4 heteroatoms. The molecular formula is C10H10BrClO2. The second-order valence-electron chi connectivity index (χ2n) is 2.79. The van der Waals surface area contributed by atoms with Crippen LogP contribution in [0.4, 0.5) is 0 Å². The molecule has 0 N–H and O–H groups in total. The molecule has 14 heavy (non-hydrogen) atoms. The van der Waals surface area contributed by atoms with Crippen molar-refractivity contribution in [2.75, 3.05) is 7.11 Å². The lowest BCUT2D eigenvalue weighted by Crippen LogP contribution is -1.92. The summed E-state index contributed by atoms with van der Waals surface area (Å²) >= 11 is 9.30. The van der Waals surface area contributed by atoms with Crippen LogP contribution in [0.2, 0.25) is 5.02 Å². The molecule has 1 rings (SSSR count). The van der Waals surface area contributed by atoms with Crippen molar-refractivity contribution in [3.63, 3.8) is 0 Å². The first-order valence-corrected chi connectivity index (χ1v) is 5.31. The van der Waals surface area contributed by atoms with Crippen LogP contribution in [-0.4, -0.2) is 13.4 Å². The summed E-state index contributed by atoms with van der Waals surface area (Å²) in [7, 11) is 1.58. The summed E-state index contributed by atoms with van der Waals surface area (Å²) < 4.78 is 5.99. The van der Waals surface area contributed by atoms with Gasteiger partial charge in [0.05, 0.1) is 11.6 Å². The number of aryl methyl sites for hydroxylation is 1. The molecule has 0 aromatic heterocycles. The zero-order valence-corrected chi connectivity index (χ0v) is 10.1. The largest absolute Gasteiger partial charge is 0.496 e. The molecule has 2 nitrogen and oxygen atoms in total. The Labute approximate surface area is 96.3 Å². The third kappa shape index (κ3) is 2.72. The Morgan fingerprint density at radius 3 is 2.86 bits per heavy atom. The number of halogens is 2. The van der Waals surface area contributed by atoms with E-state index in [0.717, 1.165) is 16.3 Å². The summed E-state index contributed by atoms with van der Waals surface area (Å²) in [6, 6.07) is 3.56. The average molecular weight is 278 g/mol. The molecule has 0 aliphatic heterocycles. The van der Waals surface area contributed by atoms with Crippen molar-refractivity contribution in [1.29, 1.82) is 0 Å². The highest BCUT2D eigenvalue weighted by molar-refractivity contribution is 9.10. The van der Waals surface area contributed by atoms with E-state index in [-0.39, 0.29) is 0 Å². The van der Waals surface area contributed by atoms with E-state index < -0.39 is 0 Å². The van der Waals surface area contributed by atoms with Gasteiger partial charge in [-0.15, -0.1) is 0 Å². The third-order valence-corrected chi connectivity index (χ3v) is 2.95. The van der Waals surface area contributed by atoms with Crippen LogP contribution in [0.3, 0.4) is 0 Å². The number of carbonyl (C=O) groups is 1. The molecule has 0 heterocycles. The van der Waals surface area contributed by atoms with Gasteiger partial charge in [-0.3, -0.25) is 0 Å². The van der Waals surface area contributed by atoms with Crippen molar-refractivity contribution in [3.05, 3.63) is 27.2 Å². The summed E-state index contributed by atoms with van der Waals surface area (Å²) in [5.74, 6) is 0.693. The smallest absolute Gasteiger partial charge is 0.134 e. The second-order valence-corrected chi connectivity index (χ2v) is 4.02. The maximum atomic E-state index is 10.2. The number of aldehydes is 1. The normalized spacial score (nSPS) is 9.93. The maximum absolute atomic E-state index is 10.2. The van der Waals surface area contributed by atoms with E-state index in [1.54, 1.807) is 13.2 Å². The average Bonchev–Trinajstić information content (AvgIpc) is 2.18. The number of methoxy groups -OCH3 is 1. The van der Waals surface area contributed by atoms with Crippen molar-refractivity contribution < 1.29 is 9.53 Å². The lowest BCUT2D eigenvalue weighted by atomic mass is 10.1. The highest BCUT2D eigenvalue weighted by Gasteiger charge is 2.07. The van der Waals surface area contributed by atoms with E-state index in [0.29, 0.717) is 23.6 Å². The van der Waals surface area contributed by atoms with Crippen LogP contribution in [-0.2, 0) is 11.2 Å². The van der Waals surface area contributed by atoms with Crippen molar-refractivity contribution in [2.45, 2.75) is 12.8 Å². The van der Waals surface area contributed by atoms with Gasteiger partial charge in [0.15, 0.2) is 0 Å². The van der Waals surface area contributed by atoms with Crippen molar-refractivity contribution in [3.8, 4) is 5.75 Å². The van der Waals surface area contributed by atoms with E-state index in [9.17, 15) is 4.79 Å². The lowest BCUT2D eigenvalue weighted by Gasteiger charge is -2.08. The highest BCUT2D eigenvalue weighted by atomic mass is 79.9. The monoisotopic (exact) mass is 276 g/mol. The Morgan fingerprint density at radius 2 is 2.29 bits per heavy atom. The summed E-state index contributed by atoms with van der Waals surface area (Å²) in [5.41, 5.74) is 0.987. The molecule has 0 unspecified atom stereocenters. The maximum Gasteiger partial charge on any atom is 0.134 e. The minimum Gasteiger partial charge on any atom is -0.496 e. The summed E-state index contributed by atoms with van der Waals surface area (Å²) in [4.78, 5) is 10.2. The number of rotatable bonds is 4. The Hall–Kier alpha value is -0.540. The zero-order chi connectivity index (χ0) is 10.6. The number of ether oxygens (including phenoxy) is 1. The Bertz CT molecular complexity index is 339. The molecular weight excluding hydrogens is 267 g/mol. The Kier molecular flexibility index (Phi) is 4.42.